The smallest absolute Gasteiger partial charge is 0.132 e. The normalized spacial score (nSPS) is 15.0. The number of aliphatic hydroxyl groups excluding tert-OH is 1. The number of Topliss-reactive ketones (excluding diaryl/α,β-unsaturated/α-hetero) is 1. The maximum atomic E-state index is 11.4. The first-order chi connectivity index (χ1) is 14.2. The van der Waals surface area contributed by atoms with E-state index in [2.05, 4.69) is 58.0 Å². The lowest BCUT2D eigenvalue weighted by Crippen LogP contribution is -2.25. The Morgan fingerprint density at radius 3 is 1.93 bits per heavy atom. The van der Waals surface area contributed by atoms with Crippen LogP contribution in [0.4, 0.5) is 0 Å². The minimum absolute atomic E-state index is 0.0621. The fourth-order valence-corrected chi connectivity index (χ4v) is 3.50. The van der Waals surface area contributed by atoms with Crippen LogP contribution in [-0.2, 0) is 17.6 Å². The van der Waals surface area contributed by atoms with E-state index in [1.165, 1.54) is 16.7 Å². The Hall–Kier alpha value is -1.41. The van der Waals surface area contributed by atoms with Crippen LogP contribution in [0.25, 0.3) is 0 Å². The molecule has 4 unspecified atom stereocenters. The summed E-state index contributed by atoms with van der Waals surface area (Å²) in [5, 5.41) is 10.6. The van der Waals surface area contributed by atoms with Gasteiger partial charge in [-0.05, 0) is 63.0 Å². The maximum Gasteiger partial charge on any atom is 0.132 e. The van der Waals surface area contributed by atoms with Gasteiger partial charge in [-0.1, -0.05) is 91.3 Å². The molecule has 0 radical (unpaired) electrons. The number of hydrogen-bond acceptors (Lipinski definition) is 2. The van der Waals surface area contributed by atoms with Crippen molar-refractivity contribution in [2.75, 3.05) is 0 Å². The molecule has 1 aromatic rings. The lowest BCUT2D eigenvalue weighted by atomic mass is 9.87. The van der Waals surface area contributed by atoms with Crippen LogP contribution in [0.3, 0.4) is 0 Å². The van der Waals surface area contributed by atoms with Crippen LogP contribution in [0.5, 0.6) is 0 Å². The van der Waals surface area contributed by atoms with Crippen molar-refractivity contribution >= 4 is 5.78 Å². The summed E-state index contributed by atoms with van der Waals surface area (Å²) >= 11 is 0. The first-order valence-electron chi connectivity index (χ1n) is 12.2. The van der Waals surface area contributed by atoms with Gasteiger partial charge in [0, 0.05) is 11.8 Å². The molecular weight excluding hydrogens is 368 g/mol. The molecule has 0 heterocycles. The second kappa shape index (κ2) is 18.4. The molecule has 1 N–H and O–H groups in total. The molecule has 0 bridgehead atoms. The van der Waals surface area contributed by atoms with Gasteiger partial charge in [0.25, 0.3) is 0 Å². The van der Waals surface area contributed by atoms with E-state index in [4.69, 9.17) is 0 Å². The lowest BCUT2D eigenvalue weighted by Gasteiger charge is -2.24. The molecule has 4 atom stereocenters. The van der Waals surface area contributed by atoms with Gasteiger partial charge in [0.15, 0.2) is 0 Å². The molecule has 0 aliphatic heterocycles. The number of rotatable bonds is 11. The molecular formula is C28H50O2. The third-order valence-corrected chi connectivity index (χ3v) is 5.55. The number of aryl methyl sites for hydroxylation is 2. The SMILES string of the molecule is CC.CC.CCc1ccc(CCCC(C)C(O)C(C)/C=C(/C)CC(C)C(C)=O)cc1. The van der Waals surface area contributed by atoms with E-state index in [0.29, 0.717) is 0 Å². The van der Waals surface area contributed by atoms with E-state index in [9.17, 15) is 9.90 Å². The van der Waals surface area contributed by atoms with Gasteiger partial charge in [0.05, 0.1) is 6.10 Å². The predicted molar refractivity (Wildman–Crippen MR) is 134 cm³/mol. The van der Waals surface area contributed by atoms with Gasteiger partial charge in [0.2, 0.25) is 0 Å². The third kappa shape index (κ3) is 13.0. The van der Waals surface area contributed by atoms with Gasteiger partial charge in [-0.3, -0.25) is 4.79 Å². The van der Waals surface area contributed by atoms with Crippen molar-refractivity contribution < 1.29 is 9.90 Å². The molecule has 2 heteroatoms. The Labute approximate surface area is 188 Å². The van der Waals surface area contributed by atoms with Crippen molar-refractivity contribution in [2.45, 2.75) is 107 Å². The summed E-state index contributed by atoms with van der Waals surface area (Å²) in [6.45, 7) is 20.1. The molecule has 0 spiro atoms. The Balaban J connectivity index is 0. The van der Waals surface area contributed by atoms with Crippen LogP contribution >= 0.6 is 0 Å². The number of benzene rings is 1. The fourth-order valence-electron chi connectivity index (χ4n) is 3.50. The van der Waals surface area contributed by atoms with E-state index < -0.39 is 0 Å². The fraction of sp³-hybridized carbons (Fsp3) is 0.679. The van der Waals surface area contributed by atoms with Crippen LogP contribution in [0, 0.1) is 17.8 Å². The monoisotopic (exact) mass is 418 g/mol. The lowest BCUT2D eigenvalue weighted by molar-refractivity contribution is -0.120. The first kappa shape index (κ1) is 30.8. The zero-order valence-electron chi connectivity index (χ0n) is 21.6. The van der Waals surface area contributed by atoms with Gasteiger partial charge in [0.1, 0.15) is 5.78 Å². The Kier molecular flexibility index (Phi) is 18.8. The summed E-state index contributed by atoms with van der Waals surface area (Å²) in [6.07, 6.45) is 6.87. The van der Waals surface area contributed by atoms with Crippen molar-refractivity contribution in [3.63, 3.8) is 0 Å². The largest absolute Gasteiger partial charge is 0.392 e. The van der Waals surface area contributed by atoms with Crippen molar-refractivity contribution in [2.24, 2.45) is 17.8 Å². The number of aliphatic hydroxyl groups is 1. The van der Waals surface area contributed by atoms with E-state index >= 15 is 0 Å². The first-order valence-corrected chi connectivity index (χ1v) is 12.2. The molecule has 0 aromatic heterocycles. The number of carbonyl (C=O) groups excluding carboxylic acids is 1. The second-order valence-corrected chi connectivity index (χ2v) is 8.12. The second-order valence-electron chi connectivity index (χ2n) is 8.12. The Morgan fingerprint density at radius 2 is 1.47 bits per heavy atom. The van der Waals surface area contributed by atoms with E-state index in [1.54, 1.807) is 6.92 Å². The van der Waals surface area contributed by atoms with Crippen molar-refractivity contribution in [3.8, 4) is 0 Å². The van der Waals surface area contributed by atoms with Gasteiger partial charge < -0.3 is 5.11 Å². The maximum absolute atomic E-state index is 11.4. The number of allylic oxidation sites excluding steroid dienone is 1. The molecule has 0 amide bonds. The quantitative estimate of drug-likeness (QED) is 0.372. The van der Waals surface area contributed by atoms with Crippen LogP contribution in [-0.4, -0.2) is 17.0 Å². The number of ketones is 1. The van der Waals surface area contributed by atoms with Crippen molar-refractivity contribution in [1.82, 2.24) is 0 Å². The van der Waals surface area contributed by atoms with Gasteiger partial charge in [-0.25, -0.2) is 0 Å². The highest BCUT2D eigenvalue weighted by molar-refractivity contribution is 5.78. The average Bonchev–Trinajstić information content (AvgIpc) is 2.76. The summed E-state index contributed by atoms with van der Waals surface area (Å²) in [4.78, 5) is 11.4. The summed E-state index contributed by atoms with van der Waals surface area (Å²) in [6, 6.07) is 8.88. The number of hydrogen-bond donors (Lipinski definition) is 1. The van der Waals surface area contributed by atoms with E-state index in [-0.39, 0.29) is 29.6 Å². The molecule has 0 saturated heterocycles. The minimum atomic E-state index is -0.333. The van der Waals surface area contributed by atoms with Crippen molar-refractivity contribution in [3.05, 3.63) is 47.0 Å². The molecule has 2 nitrogen and oxygen atoms in total. The molecule has 0 saturated carbocycles. The molecule has 30 heavy (non-hydrogen) atoms. The Morgan fingerprint density at radius 1 is 0.967 bits per heavy atom. The van der Waals surface area contributed by atoms with Gasteiger partial charge in [-0.2, -0.15) is 0 Å². The average molecular weight is 419 g/mol. The molecule has 1 rings (SSSR count). The van der Waals surface area contributed by atoms with Crippen LogP contribution in [0.1, 0.15) is 99.6 Å². The minimum Gasteiger partial charge on any atom is -0.392 e. The summed E-state index contributed by atoms with van der Waals surface area (Å²) in [7, 11) is 0. The van der Waals surface area contributed by atoms with Gasteiger partial charge in [-0.15, -0.1) is 0 Å². The standard InChI is InChI=1S/C24H38O2.2C2H6/c1-7-22-11-13-23(14-12-22)10-8-9-18(3)24(26)20(5)16-17(2)15-19(4)21(6)25;2*1-2/h11-14,16,18-20,24,26H,7-10,15H2,1-6H3;2*1-2H3/b17-16-;;. The van der Waals surface area contributed by atoms with Gasteiger partial charge >= 0.3 is 0 Å². The molecule has 0 aliphatic carbocycles. The van der Waals surface area contributed by atoms with Crippen molar-refractivity contribution in [1.29, 1.82) is 0 Å². The molecule has 174 valence electrons. The highest BCUT2D eigenvalue weighted by Gasteiger charge is 2.20. The topological polar surface area (TPSA) is 37.3 Å². The van der Waals surface area contributed by atoms with E-state index in [0.717, 1.165) is 32.1 Å². The van der Waals surface area contributed by atoms with E-state index in [1.807, 2.05) is 34.6 Å². The summed E-state index contributed by atoms with van der Waals surface area (Å²) in [5.74, 6) is 0.681. The zero-order chi connectivity index (χ0) is 23.7. The van der Waals surface area contributed by atoms with Crippen LogP contribution in [0.15, 0.2) is 35.9 Å². The zero-order valence-corrected chi connectivity index (χ0v) is 21.6. The molecule has 0 fully saturated rings. The Bertz CT molecular complexity index is 571. The van der Waals surface area contributed by atoms with Crippen LogP contribution < -0.4 is 0 Å². The summed E-state index contributed by atoms with van der Waals surface area (Å²) in [5.41, 5.74) is 3.96. The highest BCUT2D eigenvalue weighted by Crippen LogP contribution is 2.23. The summed E-state index contributed by atoms with van der Waals surface area (Å²) < 4.78 is 0. The third-order valence-electron chi connectivity index (χ3n) is 5.55. The molecule has 0 aliphatic rings. The molecule has 1 aromatic carbocycles. The number of carbonyl (C=O) groups is 1. The predicted octanol–water partition coefficient (Wildman–Crippen LogP) is 7.82. The highest BCUT2D eigenvalue weighted by atomic mass is 16.3. The van der Waals surface area contributed by atoms with Crippen LogP contribution in [0.2, 0.25) is 0 Å².